The van der Waals surface area contributed by atoms with Crippen molar-refractivity contribution < 1.29 is 9.53 Å². The highest BCUT2D eigenvalue weighted by Crippen LogP contribution is 2.41. The first-order chi connectivity index (χ1) is 12.8. The van der Waals surface area contributed by atoms with Gasteiger partial charge in [-0.25, -0.2) is 4.98 Å². The van der Waals surface area contributed by atoms with E-state index in [0.717, 1.165) is 49.7 Å². The van der Waals surface area contributed by atoms with Crippen LogP contribution in [0.15, 0.2) is 42.6 Å². The SMILES string of the molecule is COc1ccnc(N2CCCN(C(=O)c3ccccc3C3CC3)CC2)c1. The molecule has 136 valence electrons. The smallest absolute Gasteiger partial charge is 0.254 e. The van der Waals surface area contributed by atoms with Crippen LogP contribution >= 0.6 is 0 Å². The lowest BCUT2D eigenvalue weighted by Crippen LogP contribution is -2.35. The van der Waals surface area contributed by atoms with Gasteiger partial charge in [0.1, 0.15) is 11.6 Å². The number of hydrogen-bond donors (Lipinski definition) is 0. The van der Waals surface area contributed by atoms with Gasteiger partial charge in [-0.1, -0.05) is 18.2 Å². The second kappa shape index (κ2) is 7.36. The Balaban J connectivity index is 1.47. The Kier molecular flexibility index (Phi) is 4.78. The third-order valence-corrected chi connectivity index (χ3v) is 5.27. The molecule has 2 aromatic rings. The van der Waals surface area contributed by atoms with E-state index in [9.17, 15) is 4.79 Å². The van der Waals surface area contributed by atoms with Crippen LogP contribution in [-0.4, -0.2) is 49.1 Å². The summed E-state index contributed by atoms with van der Waals surface area (Å²) >= 11 is 0. The third-order valence-electron chi connectivity index (χ3n) is 5.27. The topological polar surface area (TPSA) is 45.7 Å². The van der Waals surface area contributed by atoms with Gasteiger partial charge in [-0.2, -0.15) is 0 Å². The van der Waals surface area contributed by atoms with E-state index < -0.39 is 0 Å². The van der Waals surface area contributed by atoms with Gasteiger partial charge in [-0.05, 0) is 42.9 Å². The van der Waals surface area contributed by atoms with Crippen LogP contribution in [0.5, 0.6) is 5.75 Å². The standard InChI is InChI=1S/C21H25N3O2/c1-26-17-9-10-22-20(15-17)23-11-4-12-24(14-13-23)21(25)19-6-3-2-5-18(19)16-7-8-16/h2-3,5-6,9-10,15-16H,4,7-8,11-14H2,1H3. The fourth-order valence-electron chi connectivity index (χ4n) is 3.66. The summed E-state index contributed by atoms with van der Waals surface area (Å²) in [5.74, 6) is 2.48. The van der Waals surface area contributed by atoms with Crippen molar-refractivity contribution in [2.45, 2.75) is 25.2 Å². The minimum Gasteiger partial charge on any atom is -0.497 e. The molecule has 1 aromatic carbocycles. The van der Waals surface area contributed by atoms with Crippen molar-refractivity contribution in [3.05, 3.63) is 53.7 Å². The summed E-state index contributed by atoms with van der Waals surface area (Å²) in [6.07, 6.45) is 5.13. The zero-order chi connectivity index (χ0) is 17.9. The highest BCUT2D eigenvalue weighted by atomic mass is 16.5. The summed E-state index contributed by atoms with van der Waals surface area (Å²) in [5.41, 5.74) is 2.12. The Labute approximate surface area is 154 Å². The van der Waals surface area contributed by atoms with Crippen LogP contribution in [0.4, 0.5) is 5.82 Å². The van der Waals surface area contributed by atoms with Crippen LogP contribution in [-0.2, 0) is 0 Å². The number of aromatic nitrogens is 1. The van der Waals surface area contributed by atoms with E-state index in [1.54, 1.807) is 13.3 Å². The molecule has 0 N–H and O–H groups in total. The van der Waals surface area contributed by atoms with Crippen LogP contribution in [0.25, 0.3) is 0 Å². The van der Waals surface area contributed by atoms with Gasteiger partial charge in [0.05, 0.1) is 7.11 Å². The number of carbonyl (C=O) groups excluding carboxylic acids is 1. The molecule has 0 bridgehead atoms. The number of rotatable bonds is 4. The van der Waals surface area contributed by atoms with Crippen molar-refractivity contribution in [2.24, 2.45) is 0 Å². The largest absolute Gasteiger partial charge is 0.497 e. The minimum absolute atomic E-state index is 0.174. The number of hydrogen-bond acceptors (Lipinski definition) is 4. The van der Waals surface area contributed by atoms with Gasteiger partial charge >= 0.3 is 0 Å². The number of anilines is 1. The summed E-state index contributed by atoms with van der Waals surface area (Å²) in [6.45, 7) is 3.20. The number of nitrogens with zero attached hydrogens (tertiary/aromatic N) is 3. The zero-order valence-corrected chi connectivity index (χ0v) is 15.2. The maximum atomic E-state index is 13.1. The first-order valence-electron chi connectivity index (χ1n) is 9.39. The van der Waals surface area contributed by atoms with Crippen molar-refractivity contribution >= 4 is 11.7 Å². The molecule has 0 unspecified atom stereocenters. The number of methoxy groups -OCH3 is 1. The predicted octanol–water partition coefficient (Wildman–Crippen LogP) is 3.32. The molecular weight excluding hydrogens is 326 g/mol. The monoisotopic (exact) mass is 351 g/mol. The first kappa shape index (κ1) is 16.9. The molecule has 5 heteroatoms. The predicted molar refractivity (Wildman–Crippen MR) is 102 cm³/mol. The van der Waals surface area contributed by atoms with Gasteiger partial charge in [0.2, 0.25) is 0 Å². The summed E-state index contributed by atoms with van der Waals surface area (Å²) in [5, 5.41) is 0. The van der Waals surface area contributed by atoms with E-state index in [-0.39, 0.29) is 5.91 Å². The van der Waals surface area contributed by atoms with Gasteiger partial charge in [0, 0.05) is 44.0 Å². The van der Waals surface area contributed by atoms with Gasteiger partial charge < -0.3 is 14.5 Å². The van der Waals surface area contributed by atoms with E-state index in [0.29, 0.717) is 5.92 Å². The average molecular weight is 351 g/mol. The molecule has 0 spiro atoms. The molecule has 5 nitrogen and oxygen atoms in total. The van der Waals surface area contributed by atoms with E-state index in [1.807, 2.05) is 35.2 Å². The van der Waals surface area contributed by atoms with Crippen LogP contribution in [0.3, 0.4) is 0 Å². The Morgan fingerprint density at radius 2 is 1.96 bits per heavy atom. The summed E-state index contributed by atoms with van der Waals surface area (Å²) < 4.78 is 5.30. The van der Waals surface area contributed by atoms with Gasteiger partial charge in [-0.15, -0.1) is 0 Å². The van der Waals surface area contributed by atoms with Crippen molar-refractivity contribution in [3.63, 3.8) is 0 Å². The Morgan fingerprint density at radius 1 is 1.12 bits per heavy atom. The number of benzene rings is 1. The molecule has 1 saturated carbocycles. The second-order valence-electron chi connectivity index (χ2n) is 7.05. The van der Waals surface area contributed by atoms with Crippen LogP contribution in [0.2, 0.25) is 0 Å². The molecule has 1 aliphatic carbocycles. The van der Waals surface area contributed by atoms with Gasteiger partial charge in [-0.3, -0.25) is 4.79 Å². The molecule has 4 rings (SSSR count). The maximum absolute atomic E-state index is 13.1. The van der Waals surface area contributed by atoms with E-state index >= 15 is 0 Å². The number of pyridine rings is 1. The number of carbonyl (C=O) groups is 1. The van der Waals surface area contributed by atoms with Crippen molar-refractivity contribution in [1.82, 2.24) is 9.88 Å². The lowest BCUT2D eigenvalue weighted by Gasteiger charge is -2.24. The highest BCUT2D eigenvalue weighted by molar-refractivity contribution is 5.96. The summed E-state index contributed by atoms with van der Waals surface area (Å²) in [7, 11) is 1.67. The third kappa shape index (κ3) is 3.52. The normalized spacial score (nSPS) is 17.7. The molecule has 2 heterocycles. The first-order valence-corrected chi connectivity index (χ1v) is 9.39. The van der Waals surface area contributed by atoms with E-state index in [2.05, 4.69) is 16.0 Å². The summed E-state index contributed by atoms with van der Waals surface area (Å²) in [4.78, 5) is 21.8. The van der Waals surface area contributed by atoms with Crippen LogP contribution in [0, 0.1) is 0 Å². The molecule has 2 fully saturated rings. The zero-order valence-electron chi connectivity index (χ0n) is 15.2. The molecule has 1 aliphatic heterocycles. The highest BCUT2D eigenvalue weighted by Gasteiger charge is 2.29. The Bertz CT molecular complexity index is 788. The lowest BCUT2D eigenvalue weighted by molar-refractivity contribution is 0.0766. The molecular formula is C21H25N3O2. The van der Waals surface area contributed by atoms with Crippen molar-refractivity contribution in [1.29, 1.82) is 0 Å². The molecule has 1 saturated heterocycles. The Morgan fingerprint density at radius 3 is 2.77 bits per heavy atom. The van der Waals surface area contributed by atoms with E-state index in [1.165, 1.54) is 18.4 Å². The second-order valence-corrected chi connectivity index (χ2v) is 7.05. The quantitative estimate of drug-likeness (QED) is 0.848. The molecule has 1 aromatic heterocycles. The lowest BCUT2D eigenvalue weighted by atomic mass is 10.0. The molecule has 2 aliphatic rings. The maximum Gasteiger partial charge on any atom is 0.254 e. The number of amides is 1. The molecule has 0 radical (unpaired) electrons. The van der Waals surface area contributed by atoms with Crippen molar-refractivity contribution in [2.75, 3.05) is 38.2 Å². The Hall–Kier alpha value is -2.56. The van der Waals surface area contributed by atoms with Crippen LogP contribution in [0.1, 0.15) is 41.1 Å². The van der Waals surface area contributed by atoms with Gasteiger partial charge in [0.15, 0.2) is 0 Å². The summed E-state index contributed by atoms with van der Waals surface area (Å²) in [6, 6.07) is 11.9. The fraction of sp³-hybridized carbons (Fsp3) is 0.429. The van der Waals surface area contributed by atoms with Gasteiger partial charge in [0.25, 0.3) is 5.91 Å². The number of ether oxygens (including phenoxy) is 1. The minimum atomic E-state index is 0.174. The molecule has 1 amide bonds. The molecule has 26 heavy (non-hydrogen) atoms. The average Bonchev–Trinajstić information content (AvgIpc) is 3.54. The van der Waals surface area contributed by atoms with E-state index in [4.69, 9.17) is 4.74 Å². The van der Waals surface area contributed by atoms with Crippen LogP contribution < -0.4 is 9.64 Å². The fourth-order valence-corrected chi connectivity index (χ4v) is 3.66. The molecule has 0 atom stereocenters. The van der Waals surface area contributed by atoms with Crippen molar-refractivity contribution in [3.8, 4) is 5.75 Å².